The quantitative estimate of drug-likeness (QED) is 0.918. The van der Waals surface area contributed by atoms with E-state index in [4.69, 9.17) is 4.74 Å². The molecule has 2 aromatic carbocycles. The Hall–Kier alpha value is -1.59. The Kier molecular flexibility index (Phi) is 3.63. The van der Waals surface area contributed by atoms with Gasteiger partial charge < -0.3 is 9.84 Å². The maximum absolute atomic E-state index is 13.2. The van der Waals surface area contributed by atoms with E-state index in [0.29, 0.717) is 11.5 Å². The zero-order valence-corrected chi connectivity index (χ0v) is 11.2. The number of para-hydroxylation sites is 1. The first-order valence-electron chi connectivity index (χ1n) is 6.16. The fourth-order valence-corrected chi connectivity index (χ4v) is 3.18. The van der Waals surface area contributed by atoms with Crippen molar-refractivity contribution in [1.29, 1.82) is 0 Å². The third-order valence-corrected chi connectivity index (χ3v) is 4.25. The van der Waals surface area contributed by atoms with Gasteiger partial charge in [0.1, 0.15) is 29.6 Å². The molecule has 0 amide bonds. The highest BCUT2D eigenvalue weighted by molar-refractivity contribution is 7.99. The molecule has 0 aromatic heterocycles. The third-order valence-electron chi connectivity index (χ3n) is 3.11. The first-order valence-corrected chi connectivity index (χ1v) is 7.14. The summed E-state index contributed by atoms with van der Waals surface area (Å²) in [5, 5.41) is 10.2. The standard InChI is InChI=1S/C15H12F2O2S/c16-10-5-9(6-11(17)7-10)15(18)13-8-20-14-4-2-1-3-12(14)19-13/h1-7,13,15,18H,8H2. The zero-order chi connectivity index (χ0) is 14.1. The van der Waals surface area contributed by atoms with Gasteiger partial charge in [-0.1, -0.05) is 12.1 Å². The SMILES string of the molecule is OC(c1cc(F)cc(F)c1)C1CSc2ccccc2O1. The van der Waals surface area contributed by atoms with Crippen molar-refractivity contribution in [3.05, 3.63) is 59.7 Å². The second-order valence-corrected chi connectivity index (χ2v) is 5.62. The molecular weight excluding hydrogens is 282 g/mol. The Balaban J connectivity index is 1.83. The zero-order valence-electron chi connectivity index (χ0n) is 10.4. The second-order valence-electron chi connectivity index (χ2n) is 4.56. The molecule has 1 aliphatic heterocycles. The number of thioether (sulfide) groups is 1. The van der Waals surface area contributed by atoms with Crippen LogP contribution in [0.4, 0.5) is 8.78 Å². The van der Waals surface area contributed by atoms with Crippen LogP contribution >= 0.6 is 11.8 Å². The van der Waals surface area contributed by atoms with Crippen molar-refractivity contribution in [2.45, 2.75) is 17.1 Å². The van der Waals surface area contributed by atoms with Crippen molar-refractivity contribution < 1.29 is 18.6 Å². The van der Waals surface area contributed by atoms with Gasteiger partial charge in [-0.2, -0.15) is 0 Å². The van der Waals surface area contributed by atoms with Crippen LogP contribution in [0, 0.1) is 11.6 Å². The average Bonchev–Trinajstić information content (AvgIpc) is 2.45. The average molecular weight is 294 g/mol. The lowest BCUT2D eigenvalue weighted by atomic mass is 10.0. The van der Waals surface area contributed by atoms with Crippen molar-refractivity contribution >= 4 is 11.8 Å². The number of fused-ring (bicyclic) bond motifs is 1. The molecule has 104 valence electrons. The monoisotopic (exact) mass is 294 g/mol. The Morgan fingerprint density at radius 2 is 1.85 bits per heavy atom. The summed E-state index contributed by atoms with van der Waals surface area (Å²) in [6.45, 7) is 0. The Labute approximate surface area is 119 Å². The summed E-state index contributed by atoms with van der Waals surface area (Å²) in [6.07, 6.45) is -1.60. The molecule has 1 heterocycles. The molecule has 2 nitrogen and oxygen atoms in total. The summed E-state index contributed by atoms with van der Waals surface area (Å²) in [7, 11) is 0. The van der Waals surface area contributed by atoms with Crippen molar-refractivity contribution in [2.75, 3.05) is 5.75 Å². The molecule has 20 heavy (non-hydrogen) atoms. The van der Waals surface area contributed by atoms with Gasteiger partial charge in [-0.15, -0.1) is 11.8 Å². The highest BCUT2D eigenvalue weighted by Gasteiger charge is 2.28. The second kappa shape index (κ2) is 5.42. The van der Waals surface area contributed by atoms with Crippen LogP contribution in [0.1, 0.15) is 11.7 Å². The minimum Gasteiger partial charge on any atom is -0.485 e. The van der Waals surface area contributed by atoms with E-state index in [2.05, 4.69) is 0 Å². The number of aliphatic hydroxyl groups is 1. The minimum absolute atomic E-state index is 0.187. The predicted octanol–water partition coefficient (Wildman–Crippen LogP) is 3.55. The number of benzene rings is 2. The predicted molar refractivity (Wildman–Crippen MR) is 72.9 cm³/mol. The van der Waals surface area contributed by atoms with Crippen LogP contribution in [-0.2, 0) is 0 Å². The third kappa shape index (κ3) is 2.64. The molecule has 0 aliphatic carbocycles. The topological polar surface area (TPSA) is 29.5 Å². The molecule has 0 saturated heterocycles. The van der Waals surface area contributed by atoms with Crippen LogP contribution in [0.15, 0.2) is 47.4 Å². The van der Waals surface area contributed by atoms with Crippen molar-refractivity contribution in [3.8, 4) is 5.75 Å². The number of hydrogen-bond acceptors (Lipinski definition) is 3. The van der Waals surface area contributed by atoms with Crippen LogP contribution in [0.25, 0.3) is 0 Å². The summed E-state index contributed by atoms with van der Waals surface area (Å²) in [6, 6.07) is 10.5. The lowest BCUT2D eigenvalue weighted by Crippen LogP contribution is -2.30. The summed E-state index contributed by atoms with van der Waals surface area (Å²) >= 11 is 1.56. The Bertz CT molecular complexity index is 613. The lowest BCUT2D eigenvalue weighted by molar-refractivity contribution is 0.0453. The smallest absolute Gasteiger partial charge is 0.138 e. The van der Waals surface area contributed by atoms with Gasteiger partial charge >= 0.3 is 0 Å². The molecule has 0 saturated carbocycles. The summed E-state index contributed by atoms with van der Waals surface area (Å²) in [5.74, 6) is -0.202. The van der Waals surface area contributed by atoms with E-state index in [-0.39, 0.29) is 5.56 Å². The maximum Gasteiger partial charge on any atom is 0.138 e. The van der Waals surface area contributed by atoms with E-state index in [1.54, 1.807) is 11.8 Å². The fourth-order valence-electron chi connectivity index (χ4n) is 2.15. The van der Waals surface area contributed by atoms with Crippen LogP contribution in [0.3, 0.4) is 0 Å². The van der Waals surface area contributed by atoms with Gasteiger partial charge in [0.05, 0.1) is 0 Å². The van der Waals surface area contributed by atoms with Crippen LogP contribution < -0.4 is 4.74 Å². The molecule has 2 unspecified atom stereocenters. The molecule has 2 aromatic rings. The summed E-state index contributed by atoms with van der Waals surface area (Å²) in [5.41, 5.74) is 0.187. The van der Waals surface area contributed by atoms with Crippen molar-refractivity contribution in [2.24, 2.45) is 0 Å². The molecule has 0 radical (unpaired) electrons. The number of halogens is 2. The number of hydrogen-bond donors (Lipinski definition) is 1. The van der Waals surface area contributed by atoms with Crippen LogP contribution in [-0.4, -0.2) is 17.0 Å². The highest BCUT2D eigenvalue weighted by Crippen LogP contribution is 2.38. The van der Waals surface area contributed by atoms with E-state index >= 15 is 0 Å². The van der Waals surface area contributed by atoms with Gasteiger partial charge in [-0.3, -0.25) is 0 Å². The largest absolute Gasteiger partial charge is 0.485 e. The minimum atomic E-state index is -1.07. The van der Waals surface area contributed by atoms with Crippen molar-refractivity contribution in [3.63, 3.8) is 0 Å². The molecule has 0 fully saturated rings. The Morgan fingerprint density at radius 1 is 1.15 bits per heavy atom. The maximum atomic E-state index is 13.2. The number of aliphatic hydroxyl groups excluding tert-OH is 1. The van der Waals surface area contributed by atoms with E-state index in [1.165, 1.54) is 0 Å². The summed E-state index contributed by atoms with van der Waals surface area (Å²) in [4.78, 5) is 1.00. The van der Waals surface area contributed by atoms with E-state index < -0.39 is 23.8 Å². The number of ether oxygens (including phenoxy) is 1. The van der Waals surface area contributed by atoms with E-state index in [9.17, 15) is 13.9 Å². The molecule has 5 heteroatoms. The first-order chi connectivity index (χ1) is 9.63. The van der Waals surface area contributed by atoms with Crippen molar-refractivity contribution in [1.82, 2.24) is 0 Å². The van der Waals surface area contributed by atoms with E-state index in [0.717, 1.165) is 23.1 Å². The molecule has 3 rings (SSSR count). The fraction of sp³-hybridized carbons (Fsp3) is 0.200. The highest BCUT2D eigenvalue weighted by atomic mass is 32.2. The molecule has 1 N–H and O–H groups in total. The van der Waals surface area contributed by atoms with Crippen LogP contribution in [0.5, 0.6) is 5.75 Å². The molecule has 2 atom stereocenters. The van der Waals surface area contributed by atoms with Gasteiger partial charge in [0.25, 0.3) is 0 Å². The lowest BCUT2D eigenvalue weighted by Gasteiger charge is -2.29. The molecule has 0 bridgehead atoms. The first kappa shape index (κ1) is 13.4. The normalized spacial score (nSPS) is 19.1. The van der Waals surface area contributed by atoms with Crippen LogP contribution in [0.2, 0.25) is 0 Å². The van der Waals surface area contributed by atoms with Gasteiger partial charge in [0, 0.05) is 16.7 Å². The summed E-state index contributed by atoms with van der Waals surface area (Å²) < 4.78 is 32.1. The van der Waals surface area contributed by atoms with E-state index in [1.807, 2.05) is 24.3 Å². The van der Waals surface area contributed by atoms with Gasteiger partial charge in [0.2, 0.25) is 0 Å². The molecule has 1 aliphatic rings. The molecule has 0 spiro atoms. The van der Waals surface area contributed by atoms with Gasteiger partial charge in [-0.25, -0.2) is 8.78 Å². The van der Waals surface area contributed by atoms with Gasteiger partial charge in [0.15, 0.2) is 0 Å². The number of rotatable bonds is 2. The Morgan fingerprint density at radius 3 is 2.60 bits per heavy atom. The molecular formula is C15H12F2O2S. The van der Waals surface area contributed by atoms with Gasteiger partial charge in [-0.05, 0) is 29.8 Å².